The van der Waals surface area contributed by atoms with Crippen molar-refractivity contribution in [3.8, 4) is 28.7 Å². The molecule has 0 N–H and O–H groups in total. The maximum absolute atomic E-state index is 12.8. The van der Waals surface area contributed by atoms with Crippen LogP contribution in [0.3, 0.4) is 0 Å². The fourth-order valence-corrected chi connectivity index (χ4v) is 3.42. The molecule has 4 aromatic rings. The van der Waals surface area contributed by atoms with E-state index in [2.05, 4.69) is 6.92 Å². The number of hydrogen-bond acceptors (Lipinski definition) is 7. The van der Waals surface area contributed by atoms with Crippen LogP contribution in [0.25, 0.3) is 17.0 Å². The molecule has 0 spiro atoms. The van der Waals surface area contributed by atoms with Crippen LogP contribution in [0.15, 0.2) is 82.2 Å². The van der Waals surface area contributed by atoms with E-state index < -0.39 is 5.97 Å². The third-order valence-electron chi connectivity index (χ3n) is 5.31. The van der Waals surface area contributed by atoms with Crippen LogP contribution in [0.1, 0.15) is 18.1 Å². The molecule has 0 saturated carbocycles. The number of methoxy groups -OCH3 is 2. The van der Waals surface area contributed by atoms with Gasteiger partial charge in [0.1, 0.15) is 23.3 Å². The minimum atomic E-state index is -0.586. The molecule has 178 valence electrons. The van der Waals surface area contributed by atoms with Crippen LogP contribution in [0.4, 0.5) is 0 Å². The van der Waals surface area contributed by atoms with E-state index in [-0.39, 0.29) is 22.5 Å². The van der Waals surface area contributed by atoms with Gasteiger partial charge in [0.05, 0.1) is 19.6 Å². The number of rotatable bonds is 8. The molecular formula is C28H24O7. The van der Waals surface area contributed by atoms with Gasteiger partial charge in [-0.15, -0.1) is 0 Å². The normalized spacial score (nSPS) is 10.9. The Morgan fingerprint density at radius 1 is 0.886 bits per heavy atom. The summed E-state index contributed by atoms with van der Waals surface area (Å²) in [4.78, 5) is 25.1. The molecule has 0 saturated heterocycles. The summed E-state index contributed by atoms with van der Waals surface area (Å²) in [5.74, 6) is 1.41. The number of hydrogen-bond donors (Lipinski definition) is 0. The van der Waals surface area contributed by atoms with Crippen molar-refractivity contribution >= 4 is 23.0 Å². The second-order valence-corrected chi connectivity index (χ2v) is 7.56. The standard InChI is InChI=1S/C28H24O7/c1-4-18-5-9-20(10-6-18)34-26-17-33-24-16-21(11-12-22(24)28(26)30)35-27(29)14-8-19-7-13-23(31-2)25(15-19)32-3/h5-17H,4H2,1-3H3/b14-8+. The molecule has 0 aliphatic carbocycles. The minimum absolute atomic E-state index is 0.0735. The molecule has 3 aromatic carbocycles. The first-order valence-electron chi connectivity index (χ1n) is 10.9. The van der Waals surface area contributed by atoms with Gasteiger partial charge in [-0.1, -0.05) is 25.1 Å². The van der Waals surface area contributed by atoms with Crippen molar-refractivity contribution in [1.82, 2.24) is 0 Å². The number of carbonyl (C=O) groups excluding carboxylic acids is 1. The summed E-state index contributed by atoms with van der Waals surface area (Å²) in [6.07, 6.45) is 5.06. The van der Waals surface area contributed by atoms with Gasteiger partial charge in [-0.3, -0.25) is 4.79 Å². The molecule has 1 aromatic heterocycles. The van der Waals surface area contributed by atoms with E-state index in [0.29, 0.717) is 22.6 Å². The second-order valence-electron chi connectivity index (χ2n) is 7.56. The summed E-state index contributed by atoms with van der Waals surface area (Å²) < 4.78 is 27.1. The summed E-state index contributed by atoms with van der Waals surface area (Å²) in [6.45, 7) is 2.06. The second kappa shape index (κ2) is 10.6. The molecule has 0 aliphatic rings. The molecule has 0 amide bonds. The van der Waals surface area contributed by atoms with Crippen LogP contribution < -0.4 is 24.4 Å². The Morgan fingerprint density at radius 2 is 1.63 bits per heavy atom. The van der Waals surface area contributed by atoms with Crippen molar-refractivity contribution in [3.05, 3.63) is 94.4 Å². The van der Waals surface area contributed by atoms with Crippen molar-refractivity contribution in [1.29, 1.82) is 0 Å². The maximum Gasteiger partial charge on any atom is 0.336 e. The van der Waals surface area contributed by atoms with Crippen LogP contribution in [-0.4, -0.2) is 20.2 Å². The highest BCUT2D eigenvalue weighted by molar-refractivity contribution is 5.89. The van der Waals surface area contributed by atoms with Crippen LogP contribution in [0, 0.1) is 0 Å². The van der Waals surface area contributed by atoms with Crippen molar-refractivity contribution < 1.29 is 28.2 Å². The first-order chi connectivity index (χ1) is 17.0. The summed E-state index contributed by atoms with van der Waals surface area (Å²) >= 11 is 0. The molecule has 0 aliphatic heterocycles. The van der Waals surface area contributed by atoms with Gasteiger partial charge >= 0.3 is 5.97 Å². The average molecular weight is 472 g/mol. The fraction of sp³-hybridized carbons (Fsp3) is 0.143. The number of aryl methyl sites for hydroxylation is 1. The Morgan fingerprint density at radius 3 is 2.34 bits per heavy atom. The third kappa shape index (κ3) is 5.52. The highest BCUT2D eigenvalue weighted by atomic mass is 16.5. The number of esters is 1. The van der Waals surface area contributed by atoms with Gasteiger partial charge in [0.25, 0.3) is 0 Å². The summed E-state index contributed by atoms with van der Waals surface area (Å²) in [7, 11) is 3.09. The zero-order valence-corrected chi connectivity index (χ0v) is 19.6. The van der Waals surface area contributed by atoms with E-state index >= 15 is 0 Å². The van der Waals surface area contributed by atoms with Gasteiger partial charge < -0.3 is 23.4 Å². The van der Waals surface area contributed by atoms with Crippen molar-refractivity contribution in [3.63, 3.8) is 0 Å². The van der Waals surface area contributed by atoms with E-state index in [1.54, 1.807) is 43.5 Å². The Bertz CT molecular complexity index is 1430. The van der Waals surface area contributed by atoms with Crippen molar-refractivity contribution in [2.45, 2.75) is 13.3 Å². The Kier molecular flexibility index (Phi) is 7.16. The van der Waals surface area contributed by atoms with Crippen LogP contribution in [0.2, 0.25) is 0 Å². The molecular weight excluding hydrogens is 448 g/mol. The van der Waals surface area contributed by atoms with E-state index in [1.807, 2.05) is 12.1 Å². The molecule has 0 unspecified atom stereocenters. The zero-order valence-electron chi connectivity index (χ0n) is 19.6. The van der Waals surface area contributed by atoms with Gasteiger partial charge in [0, 0.05) is 12.1 Å². The van der Waals surface area contributed by atoms with Crippen LogP contribution in [-0.2, 0) is 11.2 Å². The molecule has 1 heterocycles. The van der Waals surface area contributed by atoms with E-state index in [4.69, 9.17) is 23.4 Å². The molecule has 4 rings (SSSR count). The minimum Gasteiger partial charge on any atom is -0.493 e. The number of fused-ring (bicyclic) bond motifs is 1. The SMILES string of the molecule is CCc1ccc(Oc2coc3cc(OC(=O)/C=C/c4ccc(OC)c(OC)c4)ccc3c2=O)cc1. The zero-order chi connectivity index (χ0) is 24.8. The van der Waals surface area contributed by atoms with E-state index in [1.165, 1.54) is 43.2 Å². The predicted molar refractivity (Wildman–Crippen MR) is 133 cm³/mol. The summed E-state index contributed by atoms with van der Waals surface area (Å²) in [5, 5.41) is 0.313. The van der Waals surface area contributed by atoms with Crippen molar-refractivity contribution in [2.75, 3.05) is 14.2 Å². The fourth-order valence-electron chi connectivity index (χ4n) is 3.42. The quantitative estimate of drug-likeness (QED) is 0.182. The molecule has 35 heavy (non-hydrogen) atoms. The molecule has 0 atom stereocenters. The van der Waals surface area contributed by atoms with E-state index in [9.17, 15) is 9.59 Å². The maximum atomic E-state index is 12.8. The molecule has 0 radical (unpaired) electrons. The Labute approximate surface area is 202 Å². The highest BCUT2D eigenvalue weighted by Crippen LogP contribution is 2.28. The van der Waals surface area contributed by atoms with Gasteiger partial charge in [-0.05, 0) is 60.0 Å². The van der Waals surface area contributed by atoms with Gasteiger partial charge in [0.2, 0.25) is 11.2 Å². The monoisotopic (exact) mass is 472 g/mol. The Hall–Kier alpha value is -4.52. The van der Waals surface area contributed by atoms with E-state index in [0.717, 1.165) is 12.0 Å². The molecule has 7 heteroatoms. The average Bonchev–Trinajstić information content (AvgIpc) is 2.89. The third-order valence-corrected chi connectivity index (χ3v) is 5.31. The lowest BCUT2D eigenvalue weighted by molar-refractivity contribution is -0.128. The lowest BCUT2D eigenvalue weighted by Crippen LogP contribution is -2.06. The lowest BCUT2D eigenvalue weighted by Gasteiger charge is -2.08. The summed E-state index contributed by atoms with van der Waals surface area (Å²) in [6, 6.07) is 17.3. The largest absolute Gasteiger partial charge is 0.493 e. The van der Waals surface area contributed by atoms with Crippen molar-refractivity contribution in [2.24, 2.45) is 0 Å². The number of benzene rings is 3. The van der Waals surface area contributed by atoms with Gasteiger partial charge in [0.15, 0.2) is 11.5 Å². The van der Waals surface area contributed by atoms with Gasteiger partial charge in [-0.25, -0.2) is 4.79 Å². The molecule has 0 fully saturated rings. The molecule has 7 nitrogen and oxygen atoms in total. The predicted octanol–water partition coefficient (Wildman–Crippen LogP) is 5.78. The highest BCUT2D eigenvalue weighted by Gasteiger charge is 2.11. The number of ether oxygens (including phenoxy) is 4. The van der Waals surface area contributed by atoms with Crippen LogP contribution >= 0.6 is 0 Å². The first-order valence-corrected chi connectivity index (χ1v) is 10.9. The lowest BCUT2D eigenvalue weighted by atomic mass is 10.2. The van der Waals surface area contributed by atoms with Crippen LogP contribution in [0.5, 0.6) is 28.7 Å². The van der Waals surface area contributed by atoms with Gasteiger partial charge in [-0.2, -0.15) is 0 Å². The summed E-state index contributed by atoms with van der Waals surface area (Å²) in [5.41, 5.74) is 1.86. The number of carbonyl (C=O) groups is 1. The first kappa shape index (κ1) is 23.6. The topological polar surface area (TPSA) is 84.2 Å². The smallest absolute Gasteiger partial charge is 0.336 e. The Balaban J connectivity index is 1.47. The molecule has 0 bridgehead atoms.